The highest BCUT2D eigenvalue weighted by molar-refractivity contribution is 5.54. The second-order valence-electron chi connectivity index (χ2n) is 5.48. The number of hydrogen-bond donors (Lipinski definition) is 0. The number of ether oxygens (including phenoxy) is 1. The molecule has 1 aromatic carbocycles. The van der Waals surface area contributed by atoms with E-state index in [1.165, 1.54) is 0 Å². The topological polar surface area (TPSA) is 65.7 Å². The van der Waals surface area contributed by atoms with E-state index in [1.54, 1.807) is 24.9 Å². The zero-order chi connectivity index (χ0) is 17.1. The summed E-state index contributed by atoms with van der Waals surface area (Å²) in [4.78, 5) is 17.1. The molecule has 0 fully saturated rings. The summed E-state index contributed by atoms with van der Waals surface area (Å²) in [5, 5.41) is 0. The van der Waals surface area contributed by atoms with Gasteiger partial charge in [0.15, 0.2) is 5.82 Å². The molecule has 0 spiro atoms. The minimum absolute atomic E-state index is 0.495. The molecule has 0 N–H and O–H groups in total. The largest absolute Gasteiger partial charge is 0.439 e. The van der Waals surface area contributed by atoms with Crippen molar-refractivity contribution in [2.45, 2.75) is 6.92 Å². The molecule has 0 saturated carbocycles. The van der Waals surface area contributed by atoms with Crippen LogP contribution in [0.4, 0.5) is 0 Å². The van der Waals surface area contributed by atoms with Gasteiger partial charge < -0.3 is 9.30 Å². The monoisotopic (exact) mass is 329 g/mol. The molecular formula is C19H15N5O. The van der Waals surface area contributed by atoms with Crippen LogP contribution < -0.4 is 4.74 Å². The summed E-state index contributed by atoms with van der Waals surface area (Å²) >= 11 is 0. The first-order valence-electron chi connectivity index (χ1n) is 7.80. The Bertz CT molecular complexity index is 984. The van der Waals surface area contributed by atoms with Crippen LogP contribution in [0, 0.1) is 6.92 Å². The molecule has 0 aliphatic carbocycles. The third kappa shape index (κ3) is 3.37. The smallest absolute Gasteiger partial charge is 0.223 e. The van der Waals surface area contributed by atoms with Crippen LogP contribution in [0.2, 0.25) is 0 Å². The van der Waals surface area contributed by atoms with Gasteiger partial charge in [-0.15, -0.1) is 0 Å². The number of pyridine rings is 1. The van der Waals surface area contributed by atoms with Crippen LogP contribution in [-0.2, 0) is 0 Å². The first-order chi connectivity index (χ1) is 12.3. The first-order valence-corrected chi connectivity index (χ1v) is 7.80. The van der Waals surface area contributed by atoms with Crippen LogP contribution >= 0.6 is 0 Å². The van der Waals surface area contributed by atoms with Crippen molar-refractivity contribution in [3.8, 4) is 28.7 Å². The van der Waals surface area contributed by atoms with Gasteiger partial charge in [0.25, 0.3) is 0 Å². The van der Waals surface area contributed by atoms with Gasteiger partial charge in [0.05, 0.1) is 12.0 Å². The molecule has 4 rings (SSSR count). The molecule has 3 heterocycles. The van der Waals surface area contributed by atoms with E-state index >= 15 is 0 Å². The predicted octanol–water partition coefficient (Wildman–Crippen LogP) is 3.83. The molecule has 6 heteroatoms. The molecule has 0 radical (unpaired) electrons. The molecular weight excluding hydrogens is 314 g/mol. The molecule has 0 saturated heterocycles. The van der Waals surface area contributed by atoms with Gasteiger partial charge in [-0.25, -0.2) is 9.97 Å². The minimum Gasteiger partial charge on any atom is -0.439 e. The zero-order valence-electron chi connectivity index (χ0n) is 13.6. The molecule has 0 bridgehead atoms. The Kier molecular flexibility index (Phi) is 3.92. The van der Waals surface area contributed by atoms with Crippen LogP contribution in [0.25, 0.3) is 17.1 Å². The van der Waals surface area contributed by atoms with Crippen molar-refractivity contribution >= 4 is 0 Å². The summed E-state index contributed by atoms with van der Waals surface area (Å²) in [6.07, 6.45) is 8.82. The zero-order valence-corrected chi connectivity index (χ0v) is 13.6. The van der Waals surface area contributed by atoms with Crippen molar-refractivity contribution in [3.05, 3.63) is 79.3 Å². The Labute approximate surface area is 144 Å². The van der Waals surface area contributed by atoms with Crippen LogP contribution in [0.3, 0.4) is 0 Å². The summed E-state index contributed by atoms with van der Waals surface area (Å²) in [7, 11) is 0. The summed E-state index contributed by atoms with van der Waals surface area (Å²) in [6.45, 7) is 1.91. The van der Waals surface area contributed by atoms with Crippen molar-refractivity contribution in [2.75, 3.05) is 0 Å². The molecule has 0 unspecified atom stereocenters. The Balaban J connectivity index is 1.65. The Hall–Kier alpha value is -3.54. The number of rotatable bonds is 4. The van der Waals surface area contributed by atoms with Crippen LogP contribution in [0.1, 0.15) is 5.69 Å². The van der Waals surface area contributed by atoms with Gasteiger partial charge in [0.2, 0.25) is 5.88 Å². The lowest BCUT2D eigenvalue weighted by Crippen LogP contribution is -1.97. The van der Waals surface area contributed by atoms with Gasteiger partial charge in [0.1, 0.15) is 5.75 Å². The SMILES string of the molecule is Cc1cc(Oc2cccc(-n3ccnc3)c2)nc(-c2cccnc2)n1. The predicted molar refractivity (Wildman–Crippen MR) is 93.6 cm³/mol. The molecule has 0 aliphatic rings. The lowest BCUT2D eigenvalue weighted by Gasteiger charge is -2.09. The molecule has 0 aliphatic heterocycles. The van der Waals surface area contributed by atoms with Gasteiger partial charge in [-0.1, -0.05) is 6.07 Å². The summed E-state index contributed by atoms with van der Waals surface area (Å²) < 4.78 is 7.87. The van der Waals surface area contributed by atoms with Gasteiger partial charge in [0, 0.05) is 48.2 Å². The van der Waals surface area contributed by atoms with E-state index < -0.39 is 0 Å². The van der Waals surface area contributed by atoms with E-state index in [2.05, 4.69) is 19.9 Å². The van der Waals surface area contributed by atoms with Gasteiger partial charge in [-0.05, 0) is 31.2 Å². The maximum Gasteiger partial charge on any atom is 0.223 e. The molecule has 122 valence electrons. The maximum atomic E-state index is 5.95. The van der Waals surface area contributed by atoms with Crippen molar-refractivity contribution < 1.29 is 4.74 Å². The third-order valence-electron chi connectivity index (χ3n) is 3.59. The number of nitrogens with zero attached hydrogens (tertiary/aromatic N) is 5. The van der Waals surface area contributed by atoms with E-state index in [4.69, 9.17) is 4.74 Å². The highest BCUT2D eigenvalue weighted by Crippen LogP contribution is 2.24. The Morgan fingerprint density at radius 1 is 0.960 bits per heavy atom. The standard InChI is InChI=1S/C19H15N5O/c1-14-10-18(23-19(22-14)15-4-3-7-20-12-15)25-17-6-2-5-16(11-17)24-9-8-21-13-24/h2-13H,1H3. The molecule has 0 amide bonds. The number of aryl methyl sites for hydroxylation is 1. The average Bonchev–Trinajstić information content (AvgIpc) is 3.17. The fraction of sp³-hybridized carbons (Fsp3) is 0.0526. The fourth-order valence-electron chi connectivity index (χ4n) is 2.46. The lowest BCUT2D eigenvalue weighted by molar-refractivity contribution is 0.461. The first kappa shape index (κ1) is 15.0. The number of imidazole rings is 1. The third-order valence-corrected chi connectivity index (χ3v) is 3.59. The number of benzene rings is 1. The van der Waals surface area contributed by atoms with Gasteiger partial charge in [-0.2, -0.15) is 4.98 Å². The molecule has 4 aromatic rings. The summed E-state index contributed by atoms with van der Waals surface area (Å²) in [6, 6.07) is 13.3. The van der Waals surface area contributed by atoms with E-state index in [1.807, 2.05) is 60.2 Å². The fourth-order valence-corrected chi connectivity index (χ4v) is 2.46. The van der Waals surface area contributed by atoms with E-state index in [-0.39, 0.29) is 0 Å². The van der Waals surface area contributed by atoms with Crippen molar-refractivity contribution in [1.29, 1.82) is 0 Å². The van der Waals surface area contributed by atoms with Crippen LogP contribution in [0.5, 0.6) is 11.6 Å². The lowest BCUT2D eigenvalue weighted by atomic mass is 10.2. The second-order valence-corrected chi connectivity index (χ2v) is 5.48. The molecule has 0 atom stereocenters. The summed E-state index contributed by atoms with van der Waals surface area (Å²) in [5.41, 5.74) is 2.64. The van der Waals surface area contributed by atoms with Crippen molar-refractivity contribution in [3.63, 3.8) is 0 Å². The maximum absolute atomic E-state index is 5.95. The highest BCUT2D eigenvalue weighted by Gasteiger charge is 2.08. The van der Waals surface area contributed by atoms with E-state index in [0.717, 1.165) is 16.9 Å². The second kappa shape index (κ2) is 6.52. The highest BCUT2D eigenvalue weighted by atomic mass is 16.5. The van der Waals surface area contributed by atoms with Crippen LogP contribution in [-0.4, -0.2) is 24.5 Å². The molecule has 25 heavy (non-hydrogen) atoms. The molecule has 6 nitrogen and oxygen atoms in total. The van der Waals surface area contributed by atoms with Crippen LogP contribution in [0.15, 0.2) is 73.6 Å². The van der Waals surface area contributed by atoms with E-state index in [9.17, 15) is 0 Å². The average molecular weight is 329 g/mol. The minimum atomic E-state index is 0.495. The Morgan fingerprint density at radius 2 is 1.92 bits per heavy atom. The quantitative estimate of drug-likeness (QED) is 0.569. The van der Waals surface area contributed by atoms with Crippen molar-refractivity contribution in [1.82, 2.24) is 24.5 Å². The van der Waals surface area contributed by atoms with Gasteiger partial charge in [-0.3, -0.25) is 4.98 Å². The van der Waals surface area contributed by atoms with Gasteiger partial charge >= 0.3 is 0 Å². The summed E-state index contributed by atoms with van der Waals surface area (Å²) in [5.74, 6) is 1.78. The normalized spacial score (nSPS) is 10.6. The van der Waals surface area contributed by atoms with E-state index in [0.29, 0.717) is 17.5 Å². The Morgan fingerprint density at radius 3 is 2.72 bits per heavy atom. The number of aromatic nitrogens is 5. The molecule has 3 aromatic heterocycles. The van der Waals surface area contributed by atoms with Crippen molar-refractivity contribution in [2.24, 2.45) is 0 Å². The number of hydrogen-bond acceptors (Lipinski definition) is 5.